The highest BCUT2D eigenvalue weighted by Gasteiger charge is 2.84. The predicted octanol–water partition coefficient (Wildman–Crippen LogP) is 6.12. The van der Waals surface area contributed by atoms with E-state index in [0.29, 0.717) is 29.7 Å². The van der Waals surface area contributed by atoms with E-state index < -0.39 is 23.9 Å². The minimum atomic E-state index is -1.25. The summed E-state index contributed by atoms with van der Waals surface area (Å²) in [5, 5.41) is 23.8. The van der Waals surface area contributed by atoms with Crippen LogP contribution in [-0.4, -0.2) is 102 Å². The van der Waals surface area contributed by atoms with Crippen molar-refractivity contribution in [3.05, 3.63) is 0 Å². The van der Waals surface area contributed by atoms with E-state index in [1.165, 1.54) is 25.7 Å². The predicted molar refractivity (Wildman–Crippen MR) is 193 cm³/mol. The zero-order chi connectivity index (χ0) is 36.4. The molecule has 51 heavy (non-hydrogen) atoms. The van der Waals surface area contributed by atoms with E-state index in [9.17, 15) is 15.0 Å². The molecule has 8 rings (SSSR count). The van der Waals surface area contributed by atoms with Crippen LogP contribution in [0.3, 0.4) is 0 Å². The zero-order valence-electron chi connectivity index (χ0n) is 33.0. The Hall–Kier alpha value is -0.810. The highest BCUT2D eigenvalue weighted by atomic mass is 16.7. The van der Waals surface area contributed by atoms with E-state index >= 15 is 0 Å². The van der Waals surface area contributed by atoms with Gasteiger partial charge in [-0.25, -0.2) is 0 Å². The smallest absolute Gasteiger partial charge is 0.305 e. The first kappa shape index (κ1) is 37.1. The fourth-order valence-corrected chi connectivity index (χ4v) is 14.9. The molecular formula is C42H69NO8. The number of nitrogens with zero attached hydrogens (tertiary/aromatic N) is 1. The summed E-state index contributed by atoms with van der Waals surface area (Å²) >= 11 is 0. The largest absolute Gasteiger partial charge is 0.457 e. The molecule has 3 aliphatic heterocycles. The van der Waals surface area contributed by atoms with Crippen LogP contribution in [0.2, 0.25) is 0 Å². The summed E-state index contributed by atoms with van der Waals surface area (Å²) in [4.78, 5) is 15.1. The average Bonchev–Trinajstić information content (AvgIpc) is 3.73. The maximum absolute atomic E-state index is 12.7. The van der Waals surface area contributed by atoms with E-state index in [1.54, 1.807) is 20.8 Å². The molecule has 2 spiro atoms. The SMILES string of the molecule is CCC(=O)O[C@@H]([C@H]1C[C@@H](C)C2C(O1)[C@H](O)[C@@]1(C)[C@@H]3CC[C@H]4C(C)(C)[C@@H](O[C@H]5CN(C6CCOCC6)CCO5)CC[C@@]45C[C@@]35CC[C@]21C)C(C)(C)O. The lowest BCUT2D eigenvalue weighted by atomic mass is 9.41. The first-order valence-corrected chi connectivity index (χ1v) is 20.9. The van der Waals surface area contributed by atoms with Crippen molar-refractivity contribution in [3.63, 3.8) is 0 Å². The molecule has 0 amide bonds. The van der Waals surface area contributed by atoms with Crippen LogP contribution in [0.1, 0.15) is 126 Å². The molecular weight excluding hydrogens is 646 g/mol. The Labute approximate surface area is 307 Å². The van der Waals surface area contributed by atoms with E-state index in [4.69, 9.17) is 23.7 Å². The Balaban J connectivity index is 1.01. The van der Waals surface area contributed by atoms with Crippen LogP contribution in [0.15, 0.2) is 0 Å². The number of ether oxygens (including phenoxy) is 5. The van der Waals surface area contributed by atoms with Crippen LogP contribution in [0, 0.1) is 50.7 Å². The molecule has 2 N–H and O–H groups in total. The Morgan fingerprint density at radius 2 is 1.69 bits per heavy atom. The standard InChI is InChI=1S/C42H69NO8/c1-9-31(44)51-36(38(5,6)46)27-22-25(2)33-34(49-27)35(45)40(8)29-11-10-28-37(3,4)30(12-15-41(28)24-42(29,41)17-16-39(33,40)7)50-32-23-43(18-21-48-32)26-13-19-47-20-14-26/h25-30,32-36,45-46H,9-24H2,1-8H3/t25-,27-,28+,29+,30+,32+,33?,34?,35+,36+,39-,40-,41-,42+/m1/s1. The number of aliphatic hydroxyl groups is 2. The topological polar surface area (TPSA) is 107 Å². The van der Waals surface area contributed by atoms with Crippen molar-refractivity contribution in [2.24, 2.45) is 50.7 Å². The van der Waals surface area contributed by atoms with Crippen LogP contribution >= 0.6 is 0 Å². The minimum absolute atomic E-state index is 0.0495. The molecule has 2 unspecified atom stereocenters. The number of carbonyl (C=O) groups is 1. The van der Waals surface area contributed by atoms with E-state index in [1.807, 2.05) is 0 Å². The van der Waals surface area contributed by atoms with Crippen molar-refractivity contribution in [1.29, 1.82) is 0 Å². The van der Waals surface area contributed by atoms with Crippen LogP contribution < -0.4 is 0 Å². The molecule has 14 atom stereocenters. The van der Waals surface area contributed by atoms with Gasteiger partial charge in [0.15, 0.2) is 12.4 Å². The van der Waals surface area contributed by atoms with Crippen LogP contribution in [0.4, 0.5) is 0 Å². The van der Waals surface area contributed by atoms with E-state index in [0.717, 1.165) is 65.0 Å². The molecule has 5 saturated carbocycles. The molecule has 0 radical (unpaired) electrons. The van der Waals surface area contributed by atoms with Gasteiger partial charge in [-0.3, -0.25) is 9.69 Å². The summed E-state index contributed by atoms with van der Waals surface area (Å²) in [6.45, 7) is 21.7. The van der Waals surface area contributed by atoms with Crippen molar-refractivity contribution in [2.75, 3.05) is 32.9 Å². The molecule has 3 heterocycles. The first-order valence-electron chi connectivity index (χ1n) is 20.9. The zero-order valence-corrected chi connectivity index (χ0v) is 33.0. The van der Waals surface area contributed by atoms with Crippen LogP contribution in [0.5, 0.6) is 0 Å². The number of morpholine rings is 1. The molecule has 9 heteroatoms. The third-order valence-electron chi connectivity index (χ3n) is 17.4. The Morgan fingerprint density at radius 1 is 0.980 bits per heavy atom. The quantitative estimate of drug-likeness (QED) is 0.302. The molecule has 3 saturated heterocycles. The monoisotopic (exact) mass is 716 g/mol. The molecule has 0 aromatic rings. The van der Waals surface area contributed by atoms with Crippen molar-refractivity contribution < 1.29 is 38.7 Å². The molecule has 0 bridgehead atoms. The number of hydrogen-bond acceptors (Lipinski definition) is 9. The van der Waals surface area contributed by atoms with Gasteiger partial charge in [-0.05, 0) is 123 Å². The van der Waals surface area contributed by atoms with Gasteiger partial charge in [0, 0.05) is 44.2 Å². The number of aliphatic hydroxyl groups excluding tert-OH is 1. The first-order chi connectivity index (χ1) is 24.0. The molecule has 9 nitrogen and oxygen atoms in total. The highest BCUT2D eigenvalue weighted by molar-refractivity contribution is 5.69. The molecule has 0 aromatic carbocycles. The van der Waals surface area contributed by atoms with Gasteiger partial charge in [0.05, 0.1) is 36.6 Å². The number of fused-ring (bicyclic) bond motifs is 4. The maximum Gasteiger partial charge on any atom is 0.305 e. The number of esters is 1. The maximum atomic E-state index is 12.7. The van der Waals surface area contributed by atoms with Gasteiger partial charge in [0.1, 0.15) is 0 Å². The van der Waals surface area contributed by atoms with Crippen LogP contribution in [0.25, 0.3) is 0 Å². The van der Waals surface area contributed by atoms with E-state index in [2.05, 4.69) is 39.5 Å². The second kappa shape index (κ2) is 12.6. The summed E-state index contributed by atoms with van der Waals surface area (Å²) in [7, 11) is 0. The molecule has 5 aliphatic carbocycles. The lowest BCUT2D eigenvalue weighted by Crippen LogP contribution is -2.60. The van der Waals surface area contributed by atoms with Gasteiger partial charge in [-0.15, -0.1) is 0 Å². The number of carbonyl (C=O) groups excluding carboxylic acids is 1. The van der Waals surface area contributed by atoms with Gasteiger partial charge < -0.3 is 33.9 Å². The molecule has 290 valence electrons. The summed E-state index contributed by atoms with van der Waals surface area (Å²) in [5.74, 6) is 1.21. The summed E-state index contributed by atoms with van der Waals surface area (Å²) in [5.41, 5.74) is -0.955. The van der Waals surface area contributed by atoms with E-state index in [-0.39, 0.29) is 64.4 Å². The Kier molecular flexibility index (Phi) is 9.18. The van der Waals surface area contributed by atoms with Crippen molar-refractivity contribution >= 4 is 5.97 Å². The van der Waals surface area contributed by atoms with Crippen molar-refractivity contribution in [1.82, 2.24) is 4.90 Å². The third-order valence-corrected chi connectivity index (χ3v) is 17.4. The van der Waals surface area contributed by atoms with Crippen molar-refractivity contribution in [2.45, 2.75) is 174 Å². The van der Waals surface area contributed by atoms with Crippen LogP contribution in [-0.2, 0) is 28.5 Å². The fraction of sp³-hybridized carbons (Fsp3) is 0.976. The summed E-state index contributed by atoms with van der Waals surface area (Å²) in [6, 6.07) is 0.576. The highest BCUT2D eigenvalue weighted by Crippen LogP contribution is 2.89. The molecule has 0 aromatic heterocycles. The second-order valence-electron chi connectivity index (χ2n) is 20.2. The number of rotatable bonds is 7. The summed E-state index contributed by atoms with van der Waals surface area (Å²) in [6.07, 6.45) is 9.25. The fourth-order valence-electron chi connectivity index (χ4n) is 14.9. The second-order valence-corrected chi connectivity index (χ2v) is 20.2. The van der Waals surface area contributed by atoms with Gasteiger partial charge in [0.2, 0.25) is 0 Å². The lowest BCUT2D eigenvalue weighted by molar-refractivity contribution is -0.252. The van der Waals surface area contributed by atoms with Crippen molar-refractivity contribution in [3.8, 4) is 0 Å². The minimum Gasteiger partial charge on any atom is -0.457 e. The average molecular weight is 716 g/mol. The van der Waals surface area contributed by atoms with Gasteiger partial charge in [0.25, 0.3) is 0 Å². The third kappa shape index (κ3) is 5.34. The van der Waals surface area contributed by atoms with Gasteiger partial charge >= 0.3 is 5.97 Å². The van der Waals surface area contributed by atoms with Gasteiger partial charge in [-0.2, -0.15) is 0 Å². The molecule has 8 fully saturated rings. The Bertz CT molecular complexity index is 1330. The summed E-state index contributed by atoms with van der Waals surface area (Å²) < 4.78 is 31.7. The Morgan fingerprint density at radius 3 is 2.39 bits per heavy atom. The molecule has 8 aliphatic rings. The lowest BCUT2D eigenvalue weighted by Gasteiger charge is -2.64. The van der Waals surface area contributed by atoms with Gasteiger partial charge in [-0.1, -0.05) is 41.5 Å². The number of hydrogen-bond donors (Lipinski definition) is 2. The normalized spacial score (nSPS) is 50.2.